The maximum atomic E-state index is 12.7. The Bertz CT molecular complexity index is 659. The molecule has 7 nitrogen and oxygen atoms in total. The second-order valence-corrected chi connectivity index (χ2v) is 7.32. The van der Waals surface area contributed by atoms with Gasteiger partial charge in [-0.05, 0) is 31.7 Å². The van der Waals surface area contributed by atoms with Crippen LogP contribution in [0.25, 0.3) is 0 Å². The molecule has 21 heavy (non-hydrogen) atoms. The predicted molar refractivity (Wildman–Crippen MR) is 78.1 cm³/mol. The van der Waals surface area contributed by atoms with E-state index in [1.807, 2.05) is 6.92 Å². The molecular formula is C13H19N3O4S. The Morgan fingerprint density at radius 3 is 2.71 bits per heavy atom. The molecule has 0 bridgehead atoms. The zero-order valence-corrected chi connectivity index (χ0v) is 12.8. The number of nitro benzene ring substituents is 1. The highest BCUT2D eigenvalue weighted by molar-refractivity contribution is 7.89. The molecule has 2 rings (SSSR count). The fourth-order valence-corrected chi connectivity index (χ4v) is 4.20. The van der Waals surface area contributed by atoms with E-state index in [4.69, 9.17) is 5.73 Å². The zero-order valence-electron chi connectivity index (χ0n) is 12.0. The molecule has 1 heterocycles. The molecule has 0 aliphatic carbocycles. The molecule has 2 atom stereocenters. The van der Waals surface area contributed by atoms with Crippen LogP contribution in [-0.2, 0) is 10.0 Å². The van der Waals surface area contributed by atoms with Gasteiger partial charge in [-0.2, -0.15) is 4.31 Å². The molecule has 1 aromatic rings. The van der Waals surface area contributed by atoms with Crippen molar-refractivity contribution < 1.29 is 13.3 Å². The third-order valence-electron chi connectivity index (χ3n) is 3.94. The Morgan fingerprint density at radius 2 is 2.10 bits per heavy atom. The fourth-order valence-electron chi connectivity index (χ4n) is 2.53. The lowest BCUT2D eigenvalue weighted by Crippen LogP contribution is -2.52. The molecule has 0 spiro atoms. The van der Waals surface area contributed by atoms with Gasteiger partial charge in [0.25, 0.3) is 5.69 Å². The standard InChI is InChI=1S/C13H19N3O4S/c1-9-5-6-11(8-12(9)16(17)18)21(19,20)15-7-3-4-10(2)13(15)14/h5-6,8,10,13H,3-4,7,14H2,1-2H3. The first-order valence-corrected chi connectivity index (χ1v) is 8.21. The number of nitrogens with two attached hydrogens (primary N) is 1. The lowest BCUT2D eigenvalue weighted by Gasteiger charge is -2.36. The van der Waals surface area contributed by atoms with Gasteiger partial charge in [0.15, 0.2) is 0 Å². The number of hydrogen-bond acceptors (Lipinski definition) is 5. The minimum absolute atomic E-state index is 0.0639. The van der Waals surface area contributed by atoms with Gasteiger partial charge in [0, 0.05) is 18.2 Å². The van der Waals surface area contributed by atoms with E-state index in [1.54, 1.807) is 6.92 Å². The first-order chi connectivity index (χ1) is 9.75. The largest absolute Gasteiger partial charge is 0.315 e. The van der Waals surface area contributed by atoms with Crippen LogP contribution in [0.3, 0.4) is 0 Å². The molecule has 0 aromatic heterocycles. The summed E-state index contributed by atoms with van der Waals surface area (Å²) in [7, 11) is -3.81. The molecule has 2 unspecified atom stereocenters. The summed E-state index contributed by atoms with van der Waals surface area (Å²) < 4.78 is 26.6. The smallest absolute Gasteiger partial charge is 0.273 e. The van der Waals surface area contributed by atoms with Crippen molar-refractivity contribution in [1.82, 2.24) is 4.31 Å². The summed E-state index contributed by atoms with van der Waals surface area (Å²) in [6, 6.07) is 3.95. The molecule has 116 valence electrons. The van der Waals surface area contributed by atoms with Crippen LogP contribution in [0.4, 0.5) is 5.69 Å². The highest BCUT2D eigenvalue weighted by atomic mass is 32.2. The van der Waals surface area contributed by atoms with E-state index >= 15 is 0 Å². The molecule has 0 radical (unpaired) electrons. The molecule has 8 heteroatoms. The summed E-state index contributed by atoms with van der Waals surface area (Å²) in [5, 5.41) is 11.0. The monoisotopic (exact) mass is 313 g/mol. The molecule has 2 N–H and O–H groups in total. The SMILES string of the molecule is Cc1ccc(S(=O)(=O)N2CCCC(C)C2N)cc1[N+](=O)[O-]. The number of benzene rings is 1. The van der Waals surface area contributed by atoms with Crippen molar-refractivity contribution >= 4 is 15.7 Å². The average molecular weight is 313 g/mol. The molecule has 0 saturated carbocycles. The van der Waals surface area contributed by atoms with E-state index in [-0.39, 0.29) is 16.5 Å². The predicted octanol–water partition coefficient (Wildman–Crippen LogP) is 1.61. The Hall–Kier alpha value is -1.51. The first kappa shape index (κ1) is 15.9. The summed E-state index contributed by atoms with van der Waals surface area (Å²) in [6.45, 7) is 3.82. The Labute approximate surface area is 123 Å². The van der Waals surface area contributed by atoms with Crippen molar-refractivity contribution in [1.29, 1.82) is 0 Å². The van der Waals surface area contributed by atoms with Gasteiger partial charge in [0.1, 0.15) is 0 Å². The number of rotatable bonds is 3. The third-order valence-corrected chi connectivity index (χ3v) is 5.83. The molecule has 1 saturated heterocycles. The number of hydrogen-bond donors (Lipinski definition) is 1. The Kier molecular flexibility index (Phi) is 4.31. The minimum atomic E-state index is -3.81. The summed E-state index contributed by atoms with van der Waals surface area (Å²) in [5.74, 6) is 0.0639. The fraction of sp³-hybridized carbons (Fsp3) is 0.538. The van der Waals surface area contributed by atoms with Gasteiger partial charge < -0.3 is 5.73 Å². The topological polar surface area (TPSA) is 107 Å². The first-order valence-electron chi connectivity index (χ1n) is 6.77. The van der Waals surface area contributed by atoms with Crippen molar-refractivity contribution in [2.75, 3.05) is 6.54 Å². The van der Waals surface area contributed by atoms with Crippen LogP contribution in [0, 0.1) is 23.0 Å². The van der Waals surface area contributed by atoms with Gasteiger partial charge in [-0.25, -0.2) is 8.42 Å². The van der Waals surface area contributed by atoms with Gasteiger partial charge in [0.05, 0.1) is 16.0 Å². The van der Waals surface area contributed by atoms with E-state index in [2.05, 4.69) is 0 Å². The normalized spacial score (nSPS) is 24.0. The number of nitrogens with zero attached hydrogens (tertiary/aromatic N) is 2. The van der Waals surface area contributed by atoms with Gasteiger partial charge in [-0.1, -0.05) is 13.0 Å². The lowest BCUT2D eigenvalue weighted by molar-refractivity contribution is -0.385. The number of sulfonamides is 1. The summed E-state index contributed by atoms with van der Waals surface area (Å²) in [5.41, 5.74) is 6.21. The van der Waals surface area contributed by atoms with Gasteiger partial charge >= 0.3 is 0 Å². The van der Waals surface area contributed by atoms with Crippen molar-refractivity contribution in [3.8, 4) is 0 Å². The van der Waals surface area contributed by atoms with Gasteiger partial charge in [-0.3, -0.25) is 10.1 Å². The van der Waals surface area contributed by atoms with E-state index in [9.17, 15) is 18.5 Å². The van der Waals surface area contributed by atoms with E-state index in [0.29, 0.717) is 12.1 Å². The van der Waals surface area contributed by atoms with E-state index < -0.39 is 21.1 Å². The summed E-state index contributed by atoms with van der Waals surface area (Å²) in [4.78, 5) is 10.3. The highest BCUT2D eigenvalue weighted by Crippen LogP contribution is 2.29. The molecule has 1 aromatic carbocycles. The van der Waals surface area contributed by atoms with Crippen LogP contribution < -0.4 is 5.73 Å². The molecule has 0 amide bonds. The van der Waals surface area contributed by atoms with Crippen LogP contribution in [0.15, 0.2) is 23.1 Å². The van der Waals surface area contributed by atoms with Crippen LogP contribution in [0.2, 0.25) is 0 Å². The number of aryl methyl sites for hydroxylation is 1. The average Bonchev–Trinajstić information content (AvgIpc) is 2.41. The lowest BCUT2D eigenvalue weighted by atomic mass is 9.99. The zero-order chi connectivity index (χ0) is 15.8. The summed E-state index contributed by atoms with van der Waals surface area (Å²) in [6.07, 6.45) is 1.02. The minimum Gasteiger partial charge on any atom is -0.315 e. The van der Waals surface area contributed by atoms with Crippen molar-refractivity contribution in [2.24, 2.45) is 11.7 Å². The molecule has 1 aliphatic heterocycles. The van der Waals surface area contributed by atoms with Crippen LogP contribution >= 0.6 is 0 Å². The third kappa shape index (κ3) is 2.92. The van der Waals surface area contributed by atoms with Crippen molar-refractivity contribution in [3.05, 3.63) is 33.9 Å². The van der Waals surface area contributed by atoms with Crippen molar-refractivity contribution in [2.45, 2.75) is 37.8 Å². The second kappa shape index (κ2) is 5.70. The number of nitro groups is 1. The Balaban J connectivity index is 2.44. The van der Waals surface area contributed by atoms with Crippen LogP contribution in [-0.4, -0.2) is 30.4 Å². The Morgan fingerprint density at radius 1 is 1.43 bits per heavy atom. The maximum Gasteiger partial charge on any atom is 0.273 e. The van der Waals surface area contributed by atoms with E-state index in [1.165, 1.54) is 16.4 Å². The molecule has 1 aliphatic rings. The quantitative estimate of drug-likeness (QED) is 0.674. The summed E-state index contributed by atoms with van der Waals surface area (Å²) >= 11 is 0. The highest BCUT2D eigenvalue weighted by Gasteiger charge is 2.35. The van der Waals surface area contributed by atoms with Gasteiger partial charge in [-0.15, -0.1) is 0 Å². The van der Waals surface area contributed by atoms with Crippen molar-refractivity contribution in [3.63, 3.8) is 0 Å². The van der Waals surface area contributed by atoms with Crippen LogP contribution in [0.5, 0.6) is 0 Å². The number of piperidine rings is 1. The van der Waals surface area contributed by atoms with Crippen LogP contribution in [0.1, 0.15) is 25.3 Å². The van der Waals surface area contributed by atoms with Gasteiger partial charge in [0.2, 0.25) is 10.0 Å². The van der Waals surface area contributed by atoms with E-state index in [0.717, 1.165) is 18.9 Å². The second-order valence-electron chi connectivity index (χ2n) is 5.43. The molecular weight excluding hydrogens is 294 g/mol. The maximum absolute atomic E-state index is 12.7. The molecule has 1 fully saturated rings.